The molecule has 3 heteroatoms. The van der Waals surface area contributed by atoms with Gasteiger partial charge in [-0.2, -0.15) is 0 Å². The van der Waals surface area contributed by atoms with E-state index in [1.54, 1.807) is 6.20 Å². The molecule has 2 aromatic carbocycles. The highest BCUT2D eigenvalue weighted by Crippen LogP contribution is 2.23. The Morgan fingerprint density at radius 2 is 1.64 bits per heavy atom. The molecule has 0 aliphatic rings. The minimum Gasteiger partial charge on any atom is -0.488 e. The molecule has 0 amide bonds. The van der Waals surface area contributed by atoms with E-state index in [-0.39, 0.29) is 6.10 Å². The van der Waals surface area contributed by atoms with E-state index in [4.69, 9.17) is 4.74 Å². The summed E-state index contributed by atoms with van der Waals surface area (Å²) in [5.41, 5.74) is 3.46. The third kappa shape index (κ3) is 4.91. The molecule has 0 saturated carbocycles. The van der Waals surface area contributed by atoms with Gasteiger partial charge in [-0.25, -0.2) is 0 Å². The Hall–Kier alpha value is -2.65. The van der Waals surface area contributed by atoms with Crippen LogP contribution in [0.4, 0.5) is 0 Å². The molecule has 1 aromatic heterocycles. The minimum atomic E-state index is -0.519. The van der Waals surface area contributed by atoms with Crippen LogP contribution in [-0.2, 0) is 6.42 Å². The van der Waals surface area contributed by atoms with Gasteiger partial charge < -0.3 is 9.84 Å². The maximum atomic E-state index is 10.3. The van der Waals surface area contributed by atoms with Crippen LogP contribution < -0.4 is 4.74 Å². The molecule has 1 N–H and O–H groups in total. The number of aliphatic hydroxyl groups excluding tert-OH is 1. The topological polar surface area (TPSA) is 42.4 Å². The maximum Gasteiger partial charge on any atom is 0.122 e. The molecular weight excluding hydrogens is 310 g/mol. The fourth-order valence-electron chi connectivity index (χ4n) is 2.75. The average Bonchev–Trinajstić information content (AvgIpc) is 2.68. The van der Waals surface area contributed by atoms with Gasteiger partial charge in [0, 0.05) is 12.4 Å². The van der Waals surface area contributed by atoms with E-state index in [0.717, 1.165) is 23.3 Å². The lowest BCUT2D eigenvalue weighted by molar-refractivity contribution is 0.0420. The lowest BCUT2D eigenvalue weighted by Gasteiger charge is -2.20. The van der Waals surface area contributed by atoms with Crippen LogP contribution in [-0.4, -0.2) is 22.3 Å². The molecule has 0 aliphatic carbocycles. The van der Waals surface area contributed by atoms with E-state index in [0.29, 0.717) is 6.42 Å². The molecule has 0 radical (unpaired) electrons. The van der Waals surface area contributed by atoms with Gasteiger partial charge in [0.05, 0.1) is 6.10 Å². The summed E-state index contributed by atoms with van der Waals surface area (Å²) in [7, 11) is 0. The number of aromatic nitrogens is 1. The van der Waals surface area contributed by atoms with Gasteiger partial charge in [0.25, 0.3) is 0 Å². The van der Waals surface area contributed by atoms with Gasteiger partial charge in [-0.15, -0.1) is 0 Å². The molecule has 1 heterocycles. The second-order valence-corrected chi connectivity index (χ2v) is 6.18. The lowest BCUT2D eigenvalue weighted by Crippen LogP contribution is -2.29. The van der Waals surface area contributed by atoms with Gasteiger partial charge in [0.1, 0.15) is 11.9 Å². The monoisotopic (exact) mass is 333 g/mol. The van der Waals surface area contributed by atoms with Crippen molar-refractivity contribution < 1.29 is 9.84 Å². The number of aliphatic hydroxyl groups is 1. The molecule has 2 atom stereocenters. The van der Waals surface area contributed by atoms with Crippen LogP contribution in [0.5, 0.6) is 5.75 Å². The Morgan fingerprint density at radius 3 is 2.32 bits per heavy atom. The van der Waals surface area contributed by atoms with Crippen molar-refractivity contribution in [3.05, 3.63) is 84.7 Å². The molecule has 0 saturated heterocycles. The second kappa shape index (κ2) is 8.45. The standard InChI is InChI=1S/C22H23NO2/c1-17(22(24)14-9-18-6-5-15-23-16-18)25-21-12-10-20(11-13-21)19-7-3-2-4-8-19/h2-8,10-13,15-17,22,24H,9,14H2,1H3. The number of aryl methyl sites for hydroxylation is 1. The van der Waals surface area contributed by atoms with Gasteiger partial charge in [-0.05, 0) is 54.7 Å². The van der Waals surface area contributed by atoms with E-state index in [9.17, 15) is 5.11 Å². The molecule has 3 rings (SSSR count). The summed E-state index contributed by atoms with van der Waals surface area (Å²) in [6.07, 6.45) is 4.24. The zero-order valence-corrected chi connectivity index (χ0v) is 14.4. The van der Waals surface area contributed by atoms with Crippen molar-refractivity contribution in [1.29, 1.82) is 0 Å². The fraction of sp³-hybridized carbons (Fsp3) is 0.227. The Labute approximate surface area is 148 Å². The van der Waals surface area contributed by atoms with E-state index in [1.807, 2.05) is 67.7 Å². The third-order valence-electron chi connectivity index (χ3n) is 4.28. The summed E-state index contributed by atoms with van der Waals surface area (Å²) in [5, 5.41) is 10.3. The van der Waals surface area contributed by atoms with Crippen molar-refractivity contribution in [2.75, 3.05) is 0 Å². The van der Waals surface area contributed by atoms with Crippen LogP contribution in [0.15, 0.2) is 79.1 Å². The summed E-state index contributed by atoms with van der Waals surface area (Å²) in [5.74, 6) is 0.771. The van der Waals surface area contributed by atoms with Gasteiger partial charge in [-0.3, -0.25) is 4.98 Å². The molecule has 2 unspecified atom stereocenters. The summed E-state index contributed by atoms with van der Waals surface area (Å²) in [4.78, 5) is 4.10. The predicted molar refractivity (Wildman–Crippen MR) is 101 cm³/mol. The number of rotatable bonds is 7. The average molecular weight is 333 g/mol. The van der Waals surface area contributed by atoms with Gasteiger partial charge in [0.2, 0.25) is 0 Å². The number of benzene rings is 2. The number of hydrogen-bond acceptors (Lipinski definition) is 3. The summed E-state index contributed by atoms with van der Waals surface area (Å²) in [6.45, 7) is 1.90. The predicted octanol–water partition coefficient (Wildman–Crippen LogP) is 4.51. The molecular formula is C22H23NO2. The summed E-state index contributed by atoms with van der Waals surface area (Å²) < 4.78 is 5.89. The van der Waals surface area contributed by atoms with E-state index < -0.39 is 6.10 Å². The smallest absolute Gasteiger partial charge is 0.122 e. The van der Waals surface area contributed by atoms with Crippen LogP contribution in [0.3, 0.4) is 0 Å². The number of ether oxygens (including phenoxy) is 1. The van der Waals surface area contributed by atoms with Crippen LogP contribution in [0.25, 0.3) is 11.1 Å². The first-order valence-electron chi connectivity index (χ1n) is 8.61. The number of pyridine rings is 1. The first-order chi connectivity index (χ1) is 12.2. The quantitative estimate of drug-likeness (QED) is 0.692. The molecule has 128 valence electrons. The van der Waals surface area contributed by atoms with E-state index >= 15 is 0 Å². The summed E-state index contributed by atoms with van der Waals surface area (Å²) in [6, 6.07) is 22.2. The van der Waals surface area contributed by atoms with Crippen molar-refractivity contribution in [3.63, 3.8) is 0 Å². The van der Waals surface area contributed by atoms with Crippen molar-refractivity contribution in [1.82, 2.24) is 4.98 Å². The van der Waals surface area contributed by atoms with Crippen LogP contribution in [0, 0.1) is 0 Å². The van der Waals surface area contributed by atoms with Crippen molar-refractivity contribution in [2.24, 2.45) is 0 Å². The highest BCUT2D eigenvalue weighted by molar-refractivity contribution is 5.63. The number of hydrogen-bond donors (Lipinski definition) is 1. The Morgan fingerprint density at radius 1 is 0.920 bits per heavy atom. The molecule has 3 nitrogen and oxygen atoms in total. The SMILES string of the molecule is CC(Oc1ccc(-c2ccccc2)cc1)C(O)CCc1cccnc1. The Balaban J connectivity index is 1.54. The molecule has 0 aliphatic heterocycles. The van der Waals surface area contributed by atoms with Gasteiger partial charge >= 0.3 is 0 Å². The van der Waals surface area contributed by atoms with Gasteiger partial charge in [0.15, 0.2) is 0 Å². The minimum absolute atomic E-state index is 0.265. The van der Waals surface area contributed by atoms with E-state index in [2.05, 4.69) is 17.1 Å². The lowest BCUT2D eigenvalue weighted by atomic mass is 10.0. The summed E-state index contributed by atoms with van der Waals surface area (Å²) >= 11 is 0. The zero-order valence-electron chi connectivity index (χ0n) is 14.4. The molecule has 0 spiro atoms. The third-order valence-corrected chi connectivity index (χ3v) is 4.28. The van der Waals surface area contributed by atoms with Gasteiger partial charge in [-0.1, -0.05) is 48.5 Å². The Bertz CT molecular complexity index is 757. The van der Waals surface area contributed by atoms with Crippen molar-refractivity contribution in [3.8, 4) is 16.9 Å². The van der Waals surface area contributed by atoms with Crippen LogP contribution in [0.2, 0.25) is 0 Å². The fourth-order valence-corrected chi connectivity index (χ4v) is 2.75. The Kier molecular flexibility index (Phi) is 5.81. The van der Waals surface area contributed by atoms with Crippen molar-refractivity contribution in [2.45, 2.75) is 32.0 Å². The maximum absolute atomic E-state index is 10.3. The largest absolute Gasteiger partial charge is 0.488 e. The second-order valence-electron chi connectivity index (χ2n) is 6.18. The van der Waals surface area contributed by atoms with Crippen LogP contribution >= 0.6 is 0 Å². The number of nitrogens with zero attached hydrogens (tertiary/aromatic N) is 1. The van der Waals surface area contributed by atoms with Crippen molar-refractivity contribution >= 4 is 0 Å². The van der Waals surface area contributed by atoms with Crippen LogP contribution in [0.1, 0.15) is 18.9 Å². The molecule has 25 heavy (non-hydrogen) atoms. The normalized spacial score (nSPS) is 13.2. The molecule has 0 bridgehead atoms. The zero-order chi connectivity index (χ0) is 17.5. The van der Waals surface area contributed by atoms with E-state index in [1.165, 1.54) is 5.56 Å². The highest BCUT2D eigenvalue weighted by atomic mass is 16.5. The first kappa shape index (κ1) is 17.2. The highest BCUT2D eigenvalue weighted by Gasteiger charge is 2.16. The molecule has 3 aromatic rings. The first-order valence-corrected chi connectivity index (χ1v) is 8.61. The molecule has 0 fully saturated rings.